The first-order valence-corrected chi connectivity index (χ1v) is 7.18. The van der Waals surface area contributed by atoms with Gasteiger partial charge in [0.2, 0.25) is 0 Å². The monoisotopic (exact) mass is 294 g/mol. The van der Waals surface area contributed by atoms with E-state index in [1.54, 1.807) is 18.2 Å². The summed E-state index contributed by atoms with van der Waals surface area (Å²) < 4.78 is 0. The van der Waals surface area contributed by atoms with Crippen molar-refractivity contribution in [3.63, 3.8) is 0 Å². The van der Waals surface area contributed by atoms with E-state index in [9.17, 15) is 4.79 Å². The summed E-state index contributed by atoms with van der Waals surface area (Å²) in [4.78, 5) is 18.7. The van der Waals surface area contributed by atoms with E-state index < -0.39 is 5.97 Å². The molecule has 0 aliphatic rings. The lowest BCUT2D eigenvalue weighted by Gasteiger charge is -2.18. The molecule has 2 N–H and O–H groups in total. The van der Waals surface area contributed by atoms with Gasteiger partial charge < -0.3 is 10.1 Å². The fraction of sp³-hybridized carbons (Fsp3) is 0.222. The van der Waals surface area contributed by atoms with Crippen molar-refractivity contribution in [2.45, 2.75) is 26.2 Å². The predicted molar refractivity (Wildman–Crippen MR) is 87.2 cm³/mol. The fourth-order valence-corrected chi connectivity index (χ4v) is 2.41. The summed E-state index contributed by atoms with van der Waals surface area (Å²) in [5, 5.41) is 9.04. The summed E-state index contributed by atoms with van der Waals surface area (Å²) in [6.45, 7) is 6.53. The number of carboxylic acid groups (broad SMARTS) is 1. The maximum Gasteiger partial charge on any atom is 0.335 e. The highest BCUT2D eigenvalue weighted by atomic mass is 16.4. The van der Waals surface area contributed by atoms with Crippen LogP contribution in [0.1, 0.15) is 36.7 Å². The van der Waals surface area contributed by atoms with Gasteiger partial charge in [0.25, 0.3) is 0 Å². The van der Waals surface area contributed by atoms with Crippen molar-refractivity contribution in [2.24, 2.45) is 0 Å². The lowest BCUT2D eigenvalue weighted by molar-refractivity contribution is 0.0697. The first kappa shape index (κ1) is 14.3. The molecule has 0 spiro atoms. The van der Waals surface area contributed by atoms with Crippen LogP contribution in [0.4, 0.5) is 0 Å². The second-order valence-corrected chi connectivity index (χ2v) is 6.45. The Morgan fingerprint density at radius 2 is 1.77 bits per heavy atom. The minimum Gasteiger partial charge on any atom is -0.478 e. The minimum atomic E-state index is -0.937. The maximum absolute atomic E-state index is 11.0. The Kier molecular flexibility index (Phi) is 3.24. The van der Waals surface area contributed by atoms with Gasteiger partial charge >= 0.3 is 5.97 Å². The number of hydrogen-bond acceptors (Lipinski definition) is 2. The predicted octanol–water partition coefficient (Wildman–Crippen LogP) is 4.23. The molecule has 0 fully saturated rings. The Morgan fingerprint density at radius 1 is 1.09 bits per heavy atom. The van der Waals surface area contributed by atoms with Crippen molar-refractivity contribution in [3.8, 4) is 11.4 Å². The average molecular weight is 294 g/mol. The zero-order valence-electron chi connectivity index (χ0n) is 12.8. The molecule has 0 bridgehead atoms. The zero-order valence-corrected chi connectivity index (χ0v) is 12.8. The van der Waals surface area contributed by atoms with Crippen LogP contribution in [0, 0.1) is 0 Å². The number of rotatable bonds is 2. The average Bonchev–Trinajstić information content (AvgIpc) is 2.89. The summed E-state index contributed by atoms with van der Waals surface area (Å²) in [5.74, 6) is -0.189. The van der Waals surface area contributed by atoms with Crippen LogP contribution in [0.25, 0.3) is 22.4 Å². The molecule has 3 rings (SSSR count). The molecule has 0 aliphatic carbocycles. The first-order chi connectivity index (χ1) is 10.3. The number of benzene rings is 2. The van der Waals surface area contributed by atoms with Crippen molar-refractivity contribution in [3.05, 3.63) is 53.6 Å². The standard InChI is InChI=1S/C18H18N2O2/c1-18(2,3)13-7-4-11(5-8-13)16-19-14-9-6-12(17(21)22)10-15(14)20-16/h4-10H,1-3H3,(H,19,20)(H,21,22). The van der Waals surface area contributed by atoms with Gasteiger partial charge in [-0.05, 0) is 29.2 Å². The van der Waals surface area contributed by atoms with Gasteiger partial charge in [-0.25, -0.2) is 9.78 Å². The Balaban J connectivity index is 2.01. The summed E-state index contributed by atoms with van der Waals surface area (Å²) in [5.41, 5.74) is 4.12. The van der Waals surface area contributed by atoms with Crippen LogP contribution >= 0.6 is 0 Å². The van der Waals surface area contributed by atoms with Crippen LogP contribution in [0.2, 0.25) is 0 Å². The van der Waals surface area contributed by atoms with E-state index in [0.717, 1.165) is 22.4 Å². The Bertz CT molecular complexity index is 840. The smallest absolute Gasteiger partial charge is 0.335 e. The Morgan fingerprint density at radius 3 is 2.36 bits per heavy atom. The topological polar surface area (TPSA) is 66.0 Å². The van der Waals surface area contributed by atoms with Crippen molar-refractivity contribution < 1.29 is 9.90 Å². The largest absolute Gasteiger partial charge is 0.478 e. The zero-order chi connectivity index (χ0) is 15.9. The van der Waals surface area contributed by atoms with Crippen molar-refractivity contribution >= 4 is 17.0 Å². The second-order valence-electron chi connectivity index (χ2n) is 6.45. The van der Waals surface area contributed by atoms with Crippen molar-refractivity contribution in [2.75, 3.05) is 0 Å². The normalized spacial score (nSPS) is 11.8. The van der Waals surface area contributed by atoms with E-state index in [0.29, 0.717) is 0 Å². The fourth-order valence-electron chi connectivity index (χ4n) is 2.41. The van der Waals surface area contributed by atoms with E-state index in [1.165, 1.54) is 5.56 Å². The molecule has 1 heterocycles. The highest BCUT2D eigenvalue weighted by Gasteiger charge is 2.14. The van der Waals surface area contributed by atoms with Gasteiger partial charge in [0.05, 0.1) is 16.6 Å². The first-order valence-electron chi connectivity index (χ1n) is 7.18. The highest BCUT2D eigenvalue weighted by molar-refractivity contribution is 5.93. The van der Waals surface area contributed by atoms with E-state index in [1.807, 2.05) is 12.1 Å². The highest BCUT2D eigenvalue weighted by Crippen LogP contribution is 2.26. The summed E-state index contributed by atoms with van der Waals surface area (Å²) in [6, 6.07) is 13.2. The molecule has 112 valence electrons. The molecule has 0 saturated carbocycles. The Labute approximate surface area is 128 Å². The van der Waals surface area contributed by atoms with Gasteiger partial charge in [-0.3, -0.25) is 0 Å². The van der Waals surface area contributed by atoms with Crippen LogP contribution in [0.15, 0.2) is 42.5 Å². The van der Waals surface area contributed by atoms with Gasteiger partial charge in [0.15, 0.2) is 0 Å². The van der Waals surface area contributed by atoms with E-state index >= 15 is 0 Å². The lowest BCUT2D eigenvalue weighted by atomic mass is 9.87. The number of aromatic amines is 1. The van der Waals surface area contributed by atoms with Crippen LogP contribution in [-0.4, -0.2) is 21.0 Å². The number of nitrogens with one attached hydrogen (secondary N) is 1. The number of fused-ring (bicyclic) bond motifs is 1. The third-order valence-corrected chi connectivity index (χ3v) is 3.75. The molecule has 3 aromatic rings. The third kappa shape index (κ3) is 2.60. The summed E-state index contributed by atoms with van der Waals surface area (Å²) in [6.07, 6.45) is 0. The quantitative estimate of drug-likeness (QED) is 0.743. The van der Waals surface area contributed by atoms with E-state index in [4.69, 9.17) is 5.11 Å². The van der Waals surface area contributed by atoms with Crippen LogP contribution < -0.4 is 0 Å². The summed E-state index contributed by atoms with van der Waals surface area (Å²) in [7, 11) is 0. The number of H-pyrrole nitrogens is 1. The number of hydrogen-bond donors (Lipinski definition) is 2. The van der Waals surface area contributed by atoms with Gasteiger partial charge in [0, 0.05) is 5.56 Å². The number of nitrogens with zero attached hydrogens (tertiary/aromatic N) is 1. The molecule has 0 amide bonds. The molecule has 0 unspecified atom stereocenters. The van der Waals surface area contributed by atoms with Crippen LogP contribution in [-0.2, 0) is 5.41 Å². The van der Waals surface area contributed by atoms with Crippen molar-refractivity contribution in [1.82, 2.24) is 9.97 Å². The minimum absolute atomic E-state index is 0.114. The second kappa shape index (κ2) is 4.98. The van der Waals surface area contributed by atoms with Crippen LogP contribution in [0.3, 0.4) is 0 Å². The number of carboxylic acids is 1. The molecular formula is C18H18N2O2. The maximum atomic E-state index is 11.0. The number of carbonyl (C=O) groups is 1. The number of aromatic carboxylic acids is 1. The van der Waals surface area contributed by atoms with Gasteiger partial charge in [0.1, 0.15) is 5.82 Å². The molecule has 1 aromatic heterocycles. The molecule has 0 saturated heterocycles. The van der Waals surface area contributed by atoms with Crippen molar-refractivity contribution in [1.29, 1.82) is 0 Å². The Hall–Kier alpha value is -2.62. The SMILES string of the molecule is CC(C)(C)c1ccc(-c2nc3ccc(C(=O)O)cc3[nH]2)cc1. The molecule has 22 heavy (non-hydrogen) atoms. The van der Waals surface area contributed by atoms with E-state index in [-0.39, 0.29) is 11.0 Å². The third-order valence-electron chi connectivity index (χ3n) is 3.75. The molecule has 0 radical (unpaired) electrons. The molecule has 4 heteroatoms. The number of imidazole rings is 1. The molecule has 0 atom stereocenters. The number of aromatic nitrogens is 2. The molecule has 2 aromatic carbocycles. The molecule has 0 aliphatic heterocycles. The van der Waals surface area contributed by atoms with Gasteiger partial charge in [-0.2, -0.15) is 0 Å². The van der Waals surface area contributed by atoms with Gasteiger partial charge in [-0.15, -0.1) is 0 Å². The lowest BCUT2D eigenvalue weighted by Crippen LogP contribution is -2.10. The molecule has 4 nitrogen and oxygen atoms in total. The summed E-state index contributed by atoms with van der Waals surface area (Å²) >= 11 is 0. The van der Waals surface area contributed by atoms with E-state index in [2.05, 4.69) is 42.9 Å². The van der Waals surface area contributed by atoms with Gasteiger partial charge in [-0.1, -0.05) is 45.0 Å². The molecular weight excluding hydrogens is 276 g/mol. The van der Waals surface area contributed by atoms with Crippen LogP contribution in [0.5, 0.6) is 0 Å².